The van der Waals surface area contributed by atoms with Crippen molar-refractivity contribution < 1.29 is 9.53 Å². The second-order valence-electron chi connectivity index (χ2n) is 4.47. The van der Waals surface area contributed by atoms with Crippen LogP contribution >= 0.6 is 0 Å². The van der Waals surface area contributed by atoms with E-state index in [1.54, 1.807) is 6.07 Å². The van der Waals surface area contributed by atoms with E-state index >= 15 is 0 Å². The summed E-state index contributed by atoms with van der Waals surface area (Å²) < 4.78 is 5.37. The van der Waals surface area contributed by atoms with Gasteiger partial charge in [-0.3, -0.25) is 4.79 Å². The predicted octanol–water partition coefficient (Wildman–Crippen LogP) is -0.0622. The molecule has 2 rings (SSSR count). The smallest absolute Gasteiger partial charge is 0.260 e. The minimum absolute atomic E-state index is 0.0133. The summed E-state index contributed by atoms with van der Waals surface area (Å²) in [5, 5.41) is 0. The lowest BCUT2D eigenvalue weighted by molar-refractivity contribution is -0.135. The molecule has 0 atom stereocenters. The summed E-state index contributed by atoms with van der Waals surface area (Å²) >= 11 is 0. The fraction of sp³-hybridized carbons (Fsp3) is 0.583. The van der Waals surface area contributed by atoms with Crippen molar-refractivity contribution in [3.05, 3.63) is 18.1 Å². The molecule has 1 aliphatic heterocycles. The fourth-order valence-electron chi connectivity index (χ4n) is 1.79. The SMILES string of the molecule is Cc1cc(OCC(=O)N2CCN(C)CC2)ncn1. The highest BCUT2D eigenvalue weighted by atomic mass is 16.5. The normalized spacial score (nSPS) is 16.7. The van der Waals surface area contributed by atoms with Crippen molar-refractivity contribution in [3.8, 4) is 5.88 Å². The molecule has 0 aliphatic carbocycles. The Morgan fingerprint density at radius 3 is 2.72 bits per heavy atom. The van der Waals surface area contributed by atoms with Gasteiger partial charge in [-0.25, -0.2) is 9.97 Å². The number of aryl methyl sites for hydroxylation is 1. The number of hydrogen-bond donors (Lipinski definition) is 0. The monoisotopic (exact) mass is 250 g/mol. The number of piperazine rings is 1. The van der Waals surface area contributed by atoms with Crippen LogP contribution in [0.5, 0.6) is 5.88 Å². The van der Waals surface area contributed by atoms with Gasteiger partial charge in [0.25, 0.3) is 5.91 Å². The van der Waals surface area contributed by atoms with Crippen LogP contribution in [0.15, 0.2) is 12.4 Å². The Kier molecular flexibility index (Phi) is 4.09. The lowest BCUT2D eigenvalue weighted by Gasteiger charge is -2.32. The molecule has 0 saturated carbocycles. The molecule has 1 aliphatic rings. The van der Waals surface area contributed by atoms with Crippen molar-refractivity contribution in [2.24, 2.45) is 0 Å². The first-order valence-electron chi connectivity index (χ1n) is 6.03. The molecule has 98 valence electrons. The lowest BCUT2D eigenvalue weighted by Crippen LogP contribution is -2.48. The molecule has 6 heteroatoms. The molecule has 1 aromatic heterocycles. The molecule has 1 saturated heterocycles. The van der Waals surface area contributed by atoms with E-state index in [1.165, 1.54) is 6.33 Å². The first kappa shape index (κ1) is 12.8. The van der Waals surface area contributed by atoms with E-state index in [2.05, 4.69) is 21.9 Å². The van der Waals surface area contributed by atoms with Crippen LogP contribution in [-0.2, 0) is 4.79 Å². The first-order valence-corrected chi connectivity index (χ1v) is 6.03. The van der Waals surface area contributed by atoms with Gasteiger partial charge in [0.2, 0.25) is 5.88 Å². The molecule has 0 aromatic carbocycles. The van der Waals surface area contributed by atoms with Crippen LogP contribution < -0.4 is 4.74 Å². The summed E-state index contributed by atoms with van der Waals surface area (Å²) in [5.74, 6) is 0.462. The van der Waals surface area contributed by atoms with E-state index in [1.807, 2.05) is 11.8 Å². The zero-order valence-corrected chi connectivity index (χ0v) is 10.8. The largest absolute Gasteiger partial charge is 0.467 e. The average Bonchev–Trinajstić information content (AvgIpc) is 2.37. The second-order valence-corrected chi connectivity index (χ2v) is 4.47. The summed E-state index contributed by atoms with van der Waals surface area (Å²) in [6.45, 7) is 5.26. The third kappa shape index (κ3) is 3.40. The molecule has 1 aromatic rings. The zero-order valence-electron chi connectivity index (χ0n) is 10.8. The van der Waals surface area contributed by atoms with Crippen molar-refractivity contribution in [2.45, 2.75) is 6.92 Å². The summed E-state index contributed by atoms with van der Waals surface area (Å²) in [4.78, 5) is 23.9. The van der Waals surface area contributed by atoms with E-state index in [0.717, 1.165) is 31.9 Å². The van der Waals surface area contributed by atoms with Crippen LogP contribution in [0.4, 0.5) is 0 Å². The third-order valence-corrected chi connectivity index (χ3v) is 2.98. The number of carbonyl (C=O) groups is 1. The molecule has 1 fully saturated rings. The highest BCUT2D eigenvalue weighted by Crippen LogP contribution is 2.06. The Morgan fingerprint density at radius 2 is 2.06 bits per heavy atom. The van der Waals surface area contributed by atoms with Crippen molar-refractivity contribution in [3.63, 3.8) is 0 Å². The first-order chi connectivity index (χ1) is 8.65. The maximum atomic E-state index is 11.9. The molecule has 18 heavy (non-hydrogen) atoms. The molecule has 0 N–H and O–H groups in total. The van der Waals surface area contributed by atoms with Crippen LogP contribution in [0.25, 0.3) is 0 Å². The lowest BCUT2D eigenvalue weighted by atomic mass is 10.3. The third-order valence-electron chi connectivity index (χ3n) is 2.98. The number of amides is 1. The van der Waals surface area contributed by atoms with E-state index in [9.17, 15) is 4.79 Å². The standard InChI is InChI=1S/C12H18N4O2/c1-10-7-11(14-9-13-10)18-8-12(17)16-5-3-15(2)4-6-16/h7,9H,3-6,8H2,1-2H3. The summed E-state index contributed by atoms with van der Waals surface area (Å²) in [7, 11) is 2.06. The van der Waals surface area contributed by atoms with E-state index in [0.29, 0.717) is 5.88 Å². The Morgan fingerprint density at radius 1 is 1.33 bits per heavy atom. The van der Waals surface area contributed by atoms with Gasteiger partial charge in [0, 0.05) is 37.9 Å². The number of hydrogen-bond acceptors (Lipinski definition) is 5. The van der Waals surface area contributed by atoms with Crippen LogP contribution in [0.1, 0.15) is 5.69 Å². The minimum atomic E-state index is 0.0133. The number of aromatic nitrogens is 2. The quantitative estimate of drug-likeness (QED) is 0.752. The van der Waals surface area contributed by atoms with Crippen molar-refractivity contribution in [2.75, 3.05) is 39.8 Å². The van der Waals surface area contributed by atoms with Gasteiger partial charge in [-0.15, -0.1) is 0 Å². The van der Waals surface area contributed by atoms with Crippen LogP contribution in [0.2, 0.25) is 0 Å². The van der Waals surface area contributed by atoms with Crippen LogP contribution in [-0.4, -0.2) is 65.5 Å². The van der Waals surface area contributed by atoms with Gasteiger partial charge < -0.3 is 14.5 Å². The molecule has 1 amide bonds. The summed E-state index contributed by atoms with van der Waals surface area (Å²) in [5.41, 5.74) is 0.826. The maximum absolute atomic E-state index is 11.9. The van der Waals surface area contributed by atoms with Gasteiger partial charge in [0.1, 0.15) is 6.33 Å². The number of ether oxygens (including phenoxy) is 1. The molecule has 0 bridgehead atoms. The van der Waals surface area contributed by atoms with Crippen molar-refractivity contribution in [1.82, 2.24) is 19.8 Å². The van der Waals surface area contributed by atoms with Crippen LogP contribution in [0, 0.1) is 6.92 Å². The van der Waals surface area contributed by atoms with E-state index < -0.39 is 0 Å². The molecular formula is C12H18N4O2. The van der Waals surface area contributed by atoms with E-state index in [-0.39, 0.29) is 12.5 Å². The maximum Gasteiger partial charge on any atom is 0.260 e. The molecular weight excluding hydrogens is 232 g/mol. The molecule has 2 heterocycles. The minimum Gasteiger partial charge on any atom is -0.467 e. The van der Waals surface area contributed by atoms with Gasteiger partial charge >= 0.3 is 0 Å². The fourth-order valence-corrected chi connectivity index (χ4v) is 1.79. The average molecular weight is 250 g/mol. The predicted molar refractivity (Wildman–Crippen MR) is 66.3 cm³/mol. The number of carbonyl (C=O) groups excluding carboxylic acids is 1. The molecule has 0 spiro atoms. The molecule has 0 unspecified atom stereocenters. The Hall–Kier alpha value is -1.69. The number of nitrogens with zero attached hydrogens (tertiary/aromatic N) is 4. The molecule has 0 radical (unpaired) electrons. The topological polar surface area (TPSA) is 58.6 Å². The summed E-state index contributed by atoms with van der Waals surface area (Å²) in [6, 6.07) is 1.72. The Bertz CT molecular complexity index is 416. The van der Waals surface area contributed by atoms with Gasteiger partial charge in [0.05, 0.1) is 0 Å². The Balaban J connectivity index is 1.81. The van der Waals surface area contributed by atoms with Crippen LogP contribution in [0.3, 0.4) is 0 Å². The number of likely N-dealkylation sites (N-methyl/N-ethyl adjacent to an activating group) is 1. The zero-order chi connectivity index (χ0) is 13.0. The van der Waals surface area contributed by atoms with Gasteiger partial charge in [-0.2, -0.15) is 0 Å². The molecule has 6 nitrogen and oxygen atoms in total. The highest BCUT2D eigenvalue weighted by molar-refractivity contribution is 5.77. The van der Waals surface area contributed by atoms with Gasteiger partial charge in [-0.05, 0) is 14.0 Å². The van der Waals surface area contributed by atoms with E-state index in [4.69, 9.17) is 4.74 Å². The number of rotatable bonds is 3. The Labute approximate surface area is 107 Å². The summed E-state index contributed by atoms with van der Waals surface area (Å²) in [6.07, 6.45) is 1.44. The van der Waals surface area contributed by atoms with Crippen molar-refractivity contribution in [1.29, 1.82) is 0 Å². The highest BCUT2D eigenvalue weighted by Gasteiger charge is 2.19. The van der Waals surface area contributed by atoms with Gasteiger partial charge in [0.15, 0.2) is 6.61 Å². The second kappa shape index (κ2) is 5.77. The van der Waals surface area contributed by atoms with Gasteiger partial charge in [-0.1, -0.05) is 0 Å². The van der Waals surface area contributed by atoms with Crippen molar-refractivity contribution >= 4 is 5.91 Å².